The molecule has 3 nitrogen and oxygen atoms in total. The number of piperidine rings is 1. The minimum Gasteiger partial charge on any atom is -0.351 e. The number of rotatable bonds is 1. The van der Waals surface area contributed by atoms with Gasteiger partial charge in [0.1, 0.15) is 0 Å². The monoisotopic (exact) mass is 234 g/mol. The summed E-state index contributed by atoms with van der Waals surface area (Å²) in [6.45, 7) is 10.0. The van der Waals surface area contributed by atoms with Gasteiger partial charge in [-0.3, -0.25) is 4.79 Å². The first-order chi connectivity index (χ1) is 6.33. The number of nitrogens with one attached hydrogen (secondary N) is 2. The van der Waals surface area contributed by atoms with Gasteiger partial charge in [0.05, 0.1) is 0 Å². The van der Waals surface area contributed by atoms with Gasteiger partial charge in [0, 0.05) is 11.0 Å². The summed E-state index contributed by atoms with van der Waals surface area (Å²) in [7, 11) is 0. The highest BCUT2D eigenvalue weighted by molar-refractivity contribution is 5.85. The molecule has 1 aliphatic rings. The van der Waals surface area contributed by atoms with Crippen LogP contribution in [0.15, 0.2) is 0 Å². The Balaban J connectivity index is 0.00000196. The molecule has 0 saturated carbocycles. The summed E-state index contributed by atoms with van der Waals surface area (Å²) < 4.78 is 0. The lowest BCUT2D eigenvalue weighted by molar-refractivity contribution is -0.133. The zero-order valence-electron chi connectivity index (χ0n) is 10.1. The molecule has 1 aliphatic heterocycles. The van der Waals surface area contributed by atoms with Crippen molar-refractivity contribution in [3.05, 3.63) is 0 Å². The molecular formula is C11H23ClN2O. The van der Waals surface area contributed by atoms with Crippen molar-refractivity contribution >= 4 is 18.3 Å². The molecule has 0 atom stereocenters. The second kappa shape index (κ2) is 5.17. The lowest BCUT2D eigenvalue weighted by atomic mass is 9.79. The number of hydrogen-bond donors (Lipinski definition) is 2. The van der Waals surface area contributed by atoms with E-state index in [0.717, 1.165) is 25.9 Å². The highest BCUT2D eigenvalue weighted by atomic mass is 35.5. The van der Waals surface area contributed by atoms with Crippen LogP contribution >= 0.6 is 12.4 Å². The summed E-state index contributed by atoms with van der Waals surface area (Å²) in [4.78, 5) is 12.0. The molecule has 0 aliphatic carbocycles. The van der Waals surface area contributed by atoms with Crippen LogP contribution < -0.4 is 10.6 Å². The van der Waals surface area contributed by atoms with E-state index in [1.54, 1.807) is 0 Å². The van der Waals surface area contributed by atoms with Gasteiger partial charge in [-0.15, -0.1) is 12.4 Å². The summed E-state index contributed by atoms with van der Waals surface area (Å²) >= 11 is 0. The second-order valence-corrected chi connectivity index (χ2v) is 5.51. The van der Waals surface area contributed by atoms with Gasteiger partial charge in [-0.2, -0.15) is 0 Å². The van der Waals surface area contributed by atoms with Gasteiger partial charge in [-0.1, -0.05) is 6.92 Å². The summed E-state index contributed by atoms with van der Waals surface area (Å²) in [6, 6.07) is 0. The Morgan fingerprint density at radius 1 is 1.27 bits per heavy atom. The van der Waals surface area contributed by atoms with E-state index in [9.17, 15) is 4.79 Å². The van der Waals surface area contributed by atoms with E-state index >= 15 is 0 Å². The largest absolute Gasteiger partial charge is 0.351 e. The van der Waals surface area contributed by atoms with Crippen LogP contribution in [-0.4, -0.2) is 24.5 Å². The Labute approximate surface area is 98.8 Å². The van der Waals surface area contributed by atoms with Crippen LogP contribution in [0, 0.1) is 5.41 Å². The number of hydrogen-bond acceptors (Lipinski definition) is 2. The molecule has 1 heterocycles. The minimum atomic E-state index is -0.168. The predicted octanol–water partition coefficient (Wildman–Crippen LogP) is 1.71. The van der Waals surface area contributed by atoms with Gasteiger partial charge >= 0.3 is 0 Å². The van der Waals surface area contributed by atoms with E-state index in [1.165, 1.54) is 0 Å². The van der Waals surface area contributed by atoms with Gasteiger partial charge < -0.3 is 10.6 Å². The van der Waals surface area contributed by atoms with Gasteiger partial charge in [0.15, 0.2) is 0 Å². The number of carbonyl (C=O) groups excluding carboxylic acids is 1. The molecule has 90 valence electrons. The summed E-state index contributed by atoms with van der Waals surface area (Å²) in [5.41, 5.74) is -0.288. The van der Waals surface area contributed by atoms with Crippen molar-refractivity contribution in [3.8, 4) is 0 Å². The van der Waals surface area contributed by atoms with E-state index in [1.807, 2.05) is 20.8 Å². The zero-order valence-corrected chi connectivity index (χ0v) is 11.0. The topological polar surface area (TPSA) is 41.1 Å². The number of halogens is 1. The normalized spacial score (nSPS) is 20.3. The first-order valence-electron chi connectivity index (χ1n) is 5.37. The predicted molar refractivity (Wildman–Crippen MR) is 65.4 cm³/mol. The maximum Gasteiger partial charge on any atom is 0.226 e. The maximum atomic E-state index is 12.0. The van der Waals surface area contributed by atoms with Crippen LogP contribution in [0.2, 0.25) is 0 Å². The average molecular weight is 235 g/mol. The van der Waals surface area contributed by atoms with Crippen LogP contribution in [0.1, 0.15) is 40.5 Å². The summed E-state index contributed by atoms with van der Waals surface area (Å²) in [5, 5.41) is 6.34. The van der Waals surface area contributed by atoms with Crippen LogP contribution in [0.3, 0.4) is 0 Å². The van der Waals surface area contributed by atoms with Crippen molar-refractivity contribution in [2.24, 2.45) is 5.41 Å². The fourth-order valence-electron chi connectivity index (χ4n) is 1.70. The van der Waals surface area contributed by atoms with Crippen LogP contribution in [0.25, 0.3) is 0 Å². The van der Waals surface area contributed by atoms with Gasteiger partial charge in [-0.05, 0) is 46.7 Å². The SMILES string of the molecule is CC(C)(C)NC(=O)C1(C)CCNCC1.Cl. The molecule has 15 heavy (non-hydrogen) atoms. The van der Waals surface area contributed by atoms with Crippen LogP contribution in [-0.2, 0) is 4.79 Å². The molecule has 0 aromatic rings. The Hall–Kier alpha value is -0.280. The number of carbonyl (C=O) groups is 1. The maximum absolute atomic E-state index is 12.0. The van der Waals surface area contributed by atoms with Crippen molar-refractivity contribution in [3.63, 3.8) is 0 Å². The van der Waals surface area contributed by atoms with Crippen molar-refractivity contribution in [1.82, 2.24) is 10.6 Å². The molecule has 0 unspecified atom stereocenters. The van der Waals surface area contributed by atoms with E-state index < -0.39 is 0 Å². The molecule has 1 saturated heterocycles. The fraction of sp³-hybridized carbons (Fsp3) is 0.909. The third-order valence-corrected chi connectivity index (χ3v) is 2.74. The van der Waals surface area contributed by atoms with Crippen LogP contribution in [0.5, 0.6) is 0 Å². The molecule has 0 radical (unpaired) electrons. The summed E-state index contributed by atoms with van der Waals surface area (Å²) in [5.74, 6) is 0.200. The Kier molecular flexibility index (Phi) is 5.07. The minimum absolute atomic E-state index is 0. The molecule has 4 heteroatoms. The average Bonchev–Trinajstić information content (AvgIpc) is 2.02. The molecular weight excluding hydrogens is 212 g/mol. The first-order valence-corrected chi connectivity index (χ1v) is 5.37. The first kappa shape index (κ1) is 14.7. The van der Waals surface area contributed by atoms with Crippen LogP contribution in [0.4, 0.5) is 0 Å². The van der Waals surface area contributed by atoms with E-state index in [-0.39, 0.29) is 29.3 Å². The Bertz CT molecular complexity index is 217. The van der Waals surface area contributed by atoms with E-state index in [0.29, 0.717) is 0 Å². The number of amides is 1. The third kappa shape index (κ3) is 4.39. The lowest BCUT2D eigenvalue weighted by Crippen LogP contribution is -2.51. The Morgan fingerprint density at radius 3 is 2.13 bits per heavy atom. The second-order valence-electron chi connectivity index (χ2n) is 5.51. The highest BCUT2D eigenvalue weighted by Crippen LogP contribution is 2.28. The fourth-order valence-corrected chi connectivity index (χ4v) is 1.70. The molecule has 0 bridgehead atoms. The van der Waals surface area contributed by atoms with Gasteiger partial charge in [0.2, 0.25) is 5.91 Å². The Morgan fingerprint density at radius 2 is 1.73 bits per heavy atom. The molecule has 1 rings (SSSR count). The standard InChI is InChI=1S/C11H22N2O.ClH/c1-10(2,3)13-9(14)11(4)5-7-12-8-6-11;/h12H,5-8H2,1-4H3,(H,13,14);1H. The molecule has 0 aromatic heterocycles. The molecule has 0 aromatic carbocycles. The van der Waals surface area contributed by atoms with Crippen molar-refractivity contribution < 1.29 is 4.79 Å². The molecule has 1 amide bonds. The lowest BCUT2D eigenvalue weighted by Gasteiger charge is -2.35. The van der Waals surface area contributed by atoms with Gasteiger partial charge in [0.25, 0.3) is 0 Å². The third-order valence-electron chi connectivity index (χ3n) is 2.74. The molecule has 0 spiro atoms. The van der Waals surface area contributed by atoms with Crippen molar-refractivity contribution in [2.75, 3.05) is 13.1 Å². The molecule has 2 N–H and O–H groups in total. The van der Waals surface area contributed by atoms with Gasteiger partial charge in [-0.25, -0.2) is 0 Å². The highest BCUT2D eigenvalue weighted by Gasteiger charge is 2.35. The smallest absolute Gasteiger partial charge is 0.226 e. The molecule has 1 fully saturated rings. The summed E-state index contributed by atoms with van der Waals surface area (Å²) in [6.07, 6.45) is 1.88. The van der Waals surface area contributed by atoms with E-state index in [2.05, 4.69) is 17.6 Å². The zero-order chi connectivity index (χ0) is 10.8. The van der Waals surface area contributed by atoms with Crippen molar-refractivity contribution in [2.45, 2.75) is 46.1 Å². The van der Waals surface area contributed by atoms with E-state index in [4.69, 9.17) is 0 Å². The quantitative estimate of drug-likeness (QED) is 0.726. The van der Waals surface area contributed by atoms with Crippen molar-refractivity contribution in [1.29, 1.82) is 0 Å².